The maximum Gasteiger partial charge on any atom is 0.00984 e. The van der Waals surface area contributed by atoms with E-state index in [1.54, 1.807) is 0 Å². The topological polar surface area (TPSA) is 26.0 Å². The smallest absolute Gasteiger partial charge is 0.00984 e. The van der Waals surface area contributed by atoms with Crippen LogP contribution in [0.3, 0.4) is 0 Å². The second-order valence-corrected chi connectivity index (χ2v) is 5.15. The maximum atomic E-state index is 6.14. The van der Waals surface area contributed by atoms with E-state index in [0.717, 1.165) is 17.8 Å². The summed E-state index contributed by atoms with van der Waals surface area (Å²) in [6, 6.07) is 0.481. The van der Waals surface area contributed by atoms with E-state index in [0.29, 0.717) is 11.5 Å². The molecule has 1 nitrogen and oxygen atoms in total. The van der Waals surface area contributed by atoms with Crippen LogP contribution in [-0.4, -0.2) is 6.04 Å². The van der Waals surface area contributed by atoms with Gasteiger partial charge in [-0.3, -0.25) is 0 Å². The van der Waals surface area contributed by atoms with Crippen molar-refractivity contribution in [2.75, 3.05) is 0 Å². The molecule has 2 bridgehead atoms. The molecule has 0 aliphatic heterocycles. The Labute approximate surface area is 69.4 Å². The molecule has 1 heteroatoms. The molecule has 2 N–H and O–H groups in total. The van der Waals surface area contributed by atoms with E-state index in [-0.39, 0.29) is 0 Å². The van der Waals surface area contributed by atoms with Crippen molar-refractivity contribution in [1.82, 2.24) is 0 Å². The second-order valence-electron chi connectivity index (χ2n) is 5.15. The number of nitrogens with two attached hydrogens (primary N) is 1. The van der Waals surface area contributed by atoms with Crippen molar-refractivity contribution in [2.24, 2.45) is 28.9 Å². The molecule has 0 aromatic heterocycles. The first kappa shape index (κ1) is 7.60. The molecule has 64 valence electrons. The third-order valence-electron chi connectivity index (χ3n) is 4.32. The molecule has 3 aliphatic carbocycles. The molecule has 4 atom stereocenters. The molecule has 3 rings (SSSR count). The second kappa shape index (κ2) is 2.01. The van der Waals surface area contributed by atoms with Crippen LogP contribution in [0.4, 0.5) is 0 Å². The highest BCUT2D eigenvalue weighted by Gasteiger charge is 2.55. The van der Waals surface area contributed by atoms with Crippen LogP contribution in [0.25, 0.3) is 0 Å². The lowest BCUT2D eigenvalue weighted by molar-refractivity contribution is -0.100. The van der Waals surface area contributed by atoms with Gasteiger partial charge in [-0.2, -0.15) is 0 Å². The van der Waals surface area contributed by atoms with Crippen LogP contribution in [0, 0.1) is 23.2 Å². The number of rotatable bonds is 0. The van der Waals surface area contributed by atoms with Crippen molar-refractivity contribution in [1.29, 1.82) is 0 Å². The van der Waals surface area contributed by atoms with Gasteiger partial charge < -0.3 is 5.73 Å². The Morgan fingerprint density at radius 3 is 2.27 bits per heavy atom. The molecule has 3 saturated carbocycles. The van der Waals surface area contributed by atoms with Crippen molar-refractivity contribution >= 4 is 0 Å². The molecular weight excluding hydrogens is 134 g/mol. The quantitative estimate of drug-likeness (QED) is 0.566. The van der Waals surface area contributed by atoms with Crippen molar-refractivity contribution < 1.29 is 0 Å². The maximum absolute atomic E-state index is 6.14. The molecule has 0 aromatic rings. The Hall–Kier alpha value is -0.0400. The van der Waals surface area contributed by atoms with Gasteiger partial charge in [0.05, 0.1) is 0 Å². The normalized spacial score (nSPS) is 53.5. The van der Waals surface area contributed by atoms with E-state index in [4.69, 9.17) is 5.73 Å². The minimum Gasteiger partial charge on any atom is -0.327 e. The van der Waals surface area contributed by atoms with Gasteiger partial charge in [-0.25, -0.2) is 0 Å². The predicted octanol–water partition coefficient (Wildman–Crippen LogP) is 2.02. The Morgan fingerprint density at radius 1 is 1.27 bits per heavy atom. The van der Waals surface area contributed by atoms with E-state index in [2.05, 4.69) is 20.8 Å². The zero-order chi connectivity index (χ0) is 8.22. The summed E-state index contributed by atoms with van der Waals surface area (Å²) >= 11 is 0. The highest BCUT2D eigenvalue weighted by molar-refractivity contribution is 5.06. The zero-order valence-electron chi connectivity index (χ0n) is 7.80. The lowest BCUT2D eigenvalue weighted by atomic mass is 9.45. The van der Waals surface area contributed by atoms with Crippen LogP contribution in [0.5, 0.6) is 0 Å². The third kappa shape index (κ3) is 0.807. The minimum atomic E-state index is 0.481. The van der Waals surface area contributed by atoms with E-state index in [1.807, 2.05) is 0 Å². The van der Waals surface area contributed by atoms with E-state index in [1.165, 1.54) is 12.8 Å². The van der Waals surface area contributed by atoms with Crippen molar-refractivity contribution in [3.05, 3.63) is 0 Å². The van der Waals surface area contributed by atoms with Gasteiger partial charge in [0.1, 0.15) is 0 Å². The standard InChI is InChI=1S/C10H19N/c1-6-4-7-5-8(9(6)11)10(7,2)3/h6-9H,4-5,11H2,1-3H3. The number of fused-ring (bicyclic) bond motifs is 2. The summed E-state index contributed by atoms with van der Waals surface area (Å²) in [5, 5.41) is 0. The van der Waals surface area contributed by atoms with Gasteiger partial charge in [0.15, 0.2) is 0 Å². The summed E-state index contributed by atoms with van der Waals surface area (Å²) in [6.07, 6.45) is 2.77. The van der Waals surface area contributed by atoms with Gasteiger partial charge in [-0.05, 0) is 36.0 Å². The van der Waals surface area contributed by atoms with Crippen molar-refractivity contribution in [2.45, 2.75) is 39.7 Å². The summed E-state index contributed by atoms with van der Waals surface area (Å²) in [5.74, 6) is 2.56. The molecule has 0 spiro atoms. The molecule has 4 unspecified atom stereocenters. The molecular formula is C10H19N. The number of hydrogen-bond acceptors (Lipinski definition) is 1. The monoisotopic (exact) mass is 153 g/mol. The zero-order valence-corrected chi connectivity index (χ0v) is 7.80. The molecule has 0 radical (unpaired) electrons. The molecule has 11 heavy (non-hydrogen) atoms. The van der Waals surface area contributed by atoms with Gasteiger partial charge in [-0.1, -0.05) is 20.8 Å². The number of hydrogen-bond donors (Lipinski definition) is 1. The fourth-order valence-electron chi connectivity index (χ4n) is 3.11. The van der Waals surface area contributed by atoms with Crippen LogP contribution in [0.1, 0.15) is 33.6 Å². The fraction of sp³-hybridized carbons (Fsp3) is 1.00. The van der Waals surface area contributed by atoms with E-state index >= 15 is 0 Å². The average Bonchev–Trinajstić information content (AvgIpc) is 1.93. The van der Waals surface area contributed by atoms with Gasteiger partial charge >= 0.3 is 0 Å². The van der Waals surface area contributed by atoms with Gasteiger partial charge in [0.25, 0.3) is 0 Å². The third-order valence-corrected chi connectivity index (χ3v) is 4.32. The van der Waals surface area contributed by atoms with Crippen LogP contribution in [0.15, 0.2) is 0 Å². The molecule has 0 amide bonds. The minimum absolute atomic E-state index is 0.481. The van der Waals surface area contributed by atoms with E-state index in [9.17, 15) is 0 Å². The van der Waals surface area contributed by atoms with E-state index < -0.39 is 0 Å². The van der Waals surface area contributed by atoms with Crippen molar-refractivity contribution in [3.8, 4) is 0 Å². The summed E-state index contributed by atoms with van der Waals surface area (Å²) in [7, 11) is 0. The first-order valence-corrected chi connectivity index (χ1v) is 4.79. The summed E-state index contributed by atoms with van der Waals surface area (Å²) in [6.45, 7) is 7.08. The average molecular weight is 153 g/mol. The fourth-order valence-corrected chi connectivity index (χ4v) is 3.11. The summed E-state index contributed by atoms with van der Waals surface area (Å²) in [5.41, 5.74) is 6.70. The molecule has 3 aliphatic rings. The highest BCUT2D eigenvalue weighted by atomic mass is 14.8. The first-order valence-electron chi connectivity index (χ1n) is 4.79. The van der Waals surface area contributed by atoms with Gasteiger partial charge in [-0.15, -0.1) is 0 Å². The molecule has 0 aromatic carbocycles. The van der Waals surface area contributed by atoms with Gasteiger partial charge in [0, 0.05) is 6.04 Å². The Kier molecular flexibility index (Phi) is 1.39. The van der Waals surface area contributed by atoms with Crippen LogP contribution in [-0.2, 0) is 0 Å². The molecule has 0 saturated heterocycles. The molecule has 3 fully saturated rings. The predicted molar refractivity (Wildman–Crippen MR) is 47.1 cm³/mol. The lowest BCUT2D eigenvalue weighted by Crippen LogP contribution is -2.60. The Balaban J connectivity index is 2.17. The summed E-state index contributed by atoms with van der Waals surface area (Å²) < 4.78 is 0. The van der Waals surface area contributed by atoms with Gasteiger partial charge in [0.2, 0.25) is 0 Å². The van der Waals surface area contributed by atoms with Crippen LogP contribution in [0.2, 0.25) is 0 Å². The lowest BCUT2D eigenvalue weighted by Gasteiger charge is -2.61. The SMILES string of the molecule is CC1CC2CC(C1N)C2(C)C. The highest BCUT2D eigenvalue weighted by Crippen LogP contribution is 2.59. The Bertz CT molecular complexity index is 174. The van der Waals surface area contributed by atoms with Crippen LogP contribution >= 0.6 is 0 Å². The Morgan fingerprint density at radius 2 is 1.91 bits per heavy atom. The summed E-state index contributed by atoms with van der Waals surface area (Å²) in [4.78, 5) is 0. The van der Waals surface area contributed by atoms with Crippen molar-refractivity contribution in [3.63, 3.8) is 0 Å². The van der Waals surface area contributed by atoms with Crippen LogP contribution < -0.4 is 5.73 Å². The largest absolute Gasteiger partial charge is 0.327 e. The molecule has 0 heterocycles. The first-order chi connectivity index (χ1) is 5.03.